The number of hydrogen-bond acceptors (Lipinski definition) is 2. The van der Waals surface area contributed by atoms with Crippen molar-refractivity contribution in [2.45, 2.75) is 26.2 Å². The highest BCUT2D eigenvalue weighted by Crippen LogP contribution is 2.53. The molecule has 0 aliphatic heterocycles. The van der Waals surface area contributed by atoms with Crippen LogP contribution in [-0.2, 0) is 5.41 Å². The van der Waals surface area contributed by atoms with Crippen molar-refractivity contribution in [2.75, 3.05) is 4.90 Å². The largest absolute Gasteiger partial charge is 0.455 e. The van der Waals surface area contributed by atoms with E-state index in [4.69, 9.17) is 11.0 Å². The Morgan fingerprint density at radius 3 is 2.03 bits per heavy atom. The van der Waals surface area contributed by atoms with Crippen molar-refractivity contribution in [1.29, 1.82) is 0 Å². The van der Waals surface area contributed by atoms with Gasteiger partial charge in [0.15, 0.2) is 5.69 Å². The minimum atomic E-state index is -0.119. The highest BCUT2D eigenvalue weighted by atomic mass is 16.3. The van der Waals surface area contributed by atoms with E-state index in [1.54, 1.807) is 0 Å². The molecule has 0 bridgehead atoms. The van der Waals surface area contributed by atoms with Crippen LogP contribution in [0.25, 0.3) is 81.7 Å². The van der Waals surface area contributed by atoms with Gasteiger partial charge in [-0.05, 0) is 104 Å². The van der Waals surface area contributed by atoms with Crippen LogP contribution in [0.3, 0.4) is 0 Å². The van der Waals surface area contributed by atoms with Gasteiger partial charge in [0, 0.05) is 38.7 Å². The van der Waals surface area contributed by atoms with E-state index in [0.717, 1.165) is 61.3 Å². The summed E-state index contributed by atoms with van der Waals surface area (Å²) in [6.07, 6.45) is 0. The Labute approximate surface area is 337 Å². The third-order valence-corrected chi connectivity index (χ3v) is 12.3. The molecule has 9 aromatic carbocycles. The molecule has 0 fully saturated rings. The topological polar surface area (TPSA) is 20.7 Å². The number of anilines is 3. The van der Waals surface area contributed by atoms with Crippen molar-refractivity contribution in [3.05, 3.63) is 204 Å². The molecule has 0 spiro atoms. The molecule has 0 N–H and O–H groups in total. The Bertz CT molecular complexity index is 3340. The summed E-state index contributed by atoms with van der Waals surface area (Å²) in [6, 6.07) is 63.1. The number of fused-ring (bicyclic) bond motifs is 9. The van der Waals surface area contributed by atoms with E-state index < -0.39 is 0 Å². The molecule has 274 valence electrons. The molecule has 0 amide bonds. The first-order valence-corrected chi connectivity index (χ1v) is 19.9. The van der Waals surface area contributed by atoms with Crippen LogP contribution in [0.2, 0.25) is 0 Å². The summed E-state index contributed by atoms with van der Waals surface area (Å²) in [5, 5.41) is 6.98. The molecule has 11 rings (SSSR count). The first kappa shape index (κ1) is 33.9. The lowest BCUT2D eigenvalue weighted by atomic mass is 9.82. The zero-order valence-corrected chi connectivity index (χ0v) is 32.5. The Morgan fingerprint density at radius 1 is 0.534 bits per heavy atom. The molecule has 0 saturated heterocycles. The molecule has 10 aromatic rings. The van der Waals surface area contributed by atoms with Crippen LogP contribution in [-0.4, -0.2) is 0 Å². The second-order valence-electron chi connectivity index (χ2n) is 16.1. The van der Waals surface area contributed by atoms with E-state index in [9.17, 15) is 0 Å². The summed E-state index contributed by atoms with van der Waals surface area (Å²) in [5.74, 6) is 0. The first-order chi connectivity index (χ1) is 28.4. The van der Waals surface area contributed by atoms with Gasteiger partial charge in [0.05, 0.1) is 12.3 Å². The fourth-order valence-corrected chi connectivity index (χ4v) is 9.49. The van der Waals surface area contributed by atoms with Gasteiger partial charge in [-0.1, -0.05) is 153 Å². The van der Waals surface area contributed by atoms with Gasteiger partial charge in [-0.15, -0.1) is 0 Å². The van der Waals surface area contributed by atoms with Crippen molar-refractivity contribution in [3.8, 4) is 33.4 Å². The number of rotatable bonds is 5. The van der Waals surface area contributed by atoms with Crippen LogP contribution in [0.5, 0.6) is 0 Å². The molecule has 0 unspecified atom stereocenters. The van der Waals surface area contributed by atoms with Crippen LogP contribution < -0.4 is 4.90 Å². The average Bonchev–Trinajstić information content (AvgIpc) is 3.75. The van der Waals surface area contributed by atoms with Gasteiger partial charge in [-0.3, -0.25) is 0 Å². The Hall–Kier alpha value is -7.41. The molecular formula is C55H38N2O. The molecule has 0 radical (unpaired) electrons. The highest BCUT2D eigenvalue weighted by Gasteiger charge is 2.36. The number of para-hydroxylation sites is 1. The van der Waals surface area contributed by atoms with Gasteiger partial charge in [0.1, 0.15) is 11.2 Å². The SMILES string of the molecule is [C-]#[N+]c1ccc(N(c2ccc3c(c2)-c2cc(C)ccc2C3(C)C)c2cccc(-c3cccc4c3oc3ccc5ccccc5c34)c2-c2ccc3ccccc3c2)cc1. The van der Waals surface area contributed by atoms with Gasteiger partial charge in [0.25, 0.3) is 0 Å². The minimum absolute atomic E-state index is 0.119. The summed E-state index contributed by atoms with van der Waals surface area (Å²) >= 11 is 0. The molecule has 1 aromatic heterocycles. The fourth-order valence-electron chi connectivity index (χ4n) is 9.49. The number of nitrogens with zero attached hydrogens (tertiary/aromatic N) is 2. The molecule has 3 heteroatoms. The standard InChI is InChI=1S/C55H38N2O/c1-34-19-28-48-46(31-34)47-33-41(27-29-49(47)55(48,2)3)57(40-25-23-39(56-4)24-26-40)50-18-10-15-43(52(50)38-21-20-35-11-5-6-13-37(35)32-38)44-16-9-17-45-53-42-14-8-7-12-36(42)22-30-51(53)58-54(44)45/h5-33H,1-3H3. The zero-order chi connectivity index (χ0) is 39.1. The molecule has 1 heterocycles. The smallest absolute Gasteiger partial charge is 0.187 e. The molecule has 58 heavy (non-hydrogen) atoms. The molecule has 0 atom stereocenters. The third-order valence-electron chi connectivity index (χ3n) is 12.3. The molecular weight excluding hydrogens is 705 g/mol. The average molecular weight is 743 g/mol. The number of aryl methyl sites for hydroxylation is 1. The number of benzene rings is 9. The molecule has 1 aliphatic carbocycles. The minimum Gasteiger partial charge on any atom is -0.455 e. The number of furan rings is 1. The summed E-state index contributed by atoms with van der Waals surface area (Å²) in [5.41, 5.74) is 16.1. The van der Waals surface area contributed by atoms with E-state index >= 15 is 0 Å². The maximum atomic E-state index is 7.75. The van der Waals surface area contributed by atoms with E-state index in [1.807, 2.05) is 12.1 Å². The van der Waals surface area contributed by atoms with Gasteiger partial charge in [-0.25, -0.2) is 4.85 Å². The molecule has 0 saturated carbocycles. The fraction of sp³-hybridized carbons (Fsp3) is 0.0727. The Balaban J connectivity index is 1.22. The van der Waals surface area contributed by atoms with Gasteiger partial charge < -0.3 is 9.32 Å². The predicted octanol–water partition coefficient (Wildman–Crippen LogP) is 15.9. The lowest BCUT2D eigenvalue weighted by Gasteiger charge is -2.30. The van der Waals surface area contributed by atoms with Crippen LogP contribution in [0.4, 0.5) is 22.7 Å². The van der Waals surface area contributed by atoms with E-state index in [-0.39, 0.29) is 5.41 Å². The maximum absolute atomic E-state index is 7.75. The van der Waals surface area contributed by atoms with Crippen LogP contribution in [0.15, 0.2) is 180 Å². The zero-order valence-electron chi connectivity index (χ0n) is 32.5. The summed E-state index contributed by atoms with van der Waals surface area (Å²) in [4.78, 5) is 6.12. The predicted molar refractivity (Wildman–Crippen MR) is 243 cm³/mol. The van der Waals surface area contributed by atoms with Gasteiger partial charge in [0.2, 0.25) is 0 Å². The van der Waals surface area contributed by atoms with Crippen molar-refractivity contribution < 1.29 is 4.42 Å². The van der Waals surface area contributed by atoms with E-state index in [2.05, 4.69) is 194 Å². The highest BCUT2D eigenvalue weighted by molar-refractivity contribution is 6.21. The lowest BCUT2D eigenvalue weighted by molar-refractivity contribution is 0.660. The number of hydrogen-bond donors (Lipinski definition) is 0. The molecule has 3 nitrogen and oxygen atoms in total. The quantitative estimate of drug-likeness (QED) is 0.164. The van der Waals surface area contributed by atoms with Crippen molar-refractivity contribution in [3.63, 3.8) is 0 Å². The van der Waals surface area contributed by atoms with Gasteiger partial charge >= 0.3 is 0 Å². The van der Waals surface area contributed by atoms with E-state index in [1.165, 1.54) is 49.4 Å². The third kappa shape index (κ3) is 5.12. The molecule has 1 aliphatic rings. The van der Waals surface area contributed by atoms with Crippen molar-refractivity contribution in [2.24, 2.45) is 0 Å². The summed E-state index contributed by atoms with van der Waals surface area (Å²) < 4.78 is 6.87. The maximum Gasteiger partial charge on any atom is 0.187 e. The van der Waals surface area contributed by atoms with E-state index in [0.29, 0.717) is 5.69 Å². The summed E-state index contributed by atoms with van der Waals surface area (Å²) in [6.45, 7) is 14.6. The van der Waals surface area contributed by atoms with Crippen molar-refractivity contribution >= 4 is 66.2 Å². The Morgan fingerprint density at radius 2 is 1.21 bits per heavy atom. The van der Waals surface area contributed by atoms with Crippen LogP contribution in [0.1, 0.15) is 30.5 Å². The normalized spacial score (nSPS) is 12.9. The van der Waals surface area contributed by atoms with Crippen LogP contribution in [0, 0.1) is 13.5 Å². The van der Waals surface area contributed by atoms with Crippen molar-refractivity contribution in [1.82, 2.24) is 0 Å². The van der Waals surface area contributed by atoms with Gasteiger partial charge in [-0.2, -0.15) is 0 Å². The second kappa shape index (κ2) is 12.8. The monoisotopic (exact) mass is 742 g/mol. The summed E-state index contributed by atoms with van der Waals surface area (Å²) in [7, 11) is 0. The van der Waals surface area contributed by atoms with Crippen LogP contribution >= 0.6 is 0 Å². The first-order valence-electron chi connectivity index (χ1n) is 19.9. The lowest BCUT2D eigenvalue weighted by Crippen LogP contribution is -2.15. The second-order valence-corrected chi connectivity index (χ2v) is 16.1. The Kier molecular flexibility index (Phi) is 7.49.